The van der Waals surface area contributed by atoms with Crippen LogP contribution in [0.1, 0.15) is 16.1 Å². The fourth-order valence-electron chi connectivity index (χ4n) is 3.56. The molecule has 0 radical (unpaired) electrons. The molecule has 0 bridgehead atoms. The molecule has 5 rings (SSSR count). The molecule has 0 spiro atoms. The van der Waals surface area contributed by atoms with Crippen molar-refractivity contribution < 1.29 is 9.53 Å². The van der Waals surface area contributed by atoms with E-state index in [1.54, 1.807) is 17.5 Å². The van der Waals surface area contributed by atoms with Gasteiger partial charge in [0.05, 0.1) is 18.5 Å². The highest BCUT2D eigenvalue weighted by Gasteiger charge is 2.10. The van der Waals surface area contributed by atoms with Gasteiger partial charge in [0.15, 0.2) is 5.82 Å². The molecule has 5 aromatic rings. The number of aromatic amines is 1. The van der Waals surface area contributed by atoms with E-state index >= 15 is 0 Å². The molecule has 34 heavy (non-hydrogen) atoms. The van der Waals surface area contributed by atoms with Gasteiger partial charge in [0, 0.05) is 22.7 Å². The van der Waals surface area contributed by atoms with Crippen molar-refractivity contribution in [3.8, 4) is 5.75 Å². The van der Waals surface area contributed by atoms with Gasteiger partial charge in [0.1, 0.15) is 17.4 Å². The summed E-state index contributed by atoms with van der Waals surface area (Å²) in [6.45, 7) is 1.11. The molecule has 3 aromatic carbocycles. The summed E-state index contributed by atoms with van der Waals surface area (Å²) in [6, 6.07) is 23.3. The van der Waals surface area contributed by atoms with Crippen LogP contribution in [0.25, 0.3) is 10.9 Å². The maximum absolute atomic E-state index is 12.6. The lowest BCUT2D eigenvalue weighted by Crippen LogP contribution is -2.14. The summed E-state index contributed by atoms with van der Waals surface area (Å²) in [7, 11) is 0. The van der Waals surface area contributed by atoms with Crippen molar-refractivity contribution >= 4 is 39.7 Å². The molecule has 0 unspecified atom stereocenters. The minimum atomic E-state index is -0.0851. The second-order valence-electron chi connectivity index (χ2n) is 7.76. The number of ether oxygens (including phenoxy) is 1. The van der Waals surface area contributed by atoms with E-state index in [0.717, 1.165) is 44.3 Å². The van der Waals surface area contributed by atoms with E-state index < -0.39 is 0 Å². The van der Waals surface area contributed by atoms with E-state index in [0.29, 0.717) is 13.2 Å². The Hall–Kier alpha value is -4.17. The number of benzene rings is 3. The minimum absolute atomic E-state index is 0.0851. The molecule has 0 saturated heterocycles. The highest BCUT2D eigenvalue weighted by molar-refractivity contribution is 7.09. The van der Waals surface area contributed by atoms with Crippen LogP contribution < -0.4 is 15.4 Å². The van der Waals surface area contributed by atoms with Gasteiger partial charge in [-0.1, -0.05) is 42.5 Å². The molecule has 8 heteroatoms. The monoisotopic (exact) mass is 469 g/mol. The second kappa shape index (κ2) is 10.2. The number of nitrogens with zero attached hydrogens (tertiary/aromatic N) is 2. The highest BCUT2D eigenvalue weighted by atomic mass is 32.1. The summed E-state index contributed by atoms with van der Waals surface area (Å²) in [5, 5.41) is 17.5. The zero-order chi connectivity index (χ0) is 23.2. The molecule has 7 nitrogen and oxygen atoms in total. The average molecular weight is 470 g/mol. The number of H-pyrrole nitrogens is 1. The number of fused-ring (bicyclic) bond motifs is 1. The van der Waals surface area contributed by atoms with Gasteiger partial charge in [-0.15, -0.1) is 11.3 Å². The van der Waals surface area contributed by atoms with Crippen LogP contribution in [0.15, 0.2) is 84.4 Å². The first-order valence-corrected chi connectivity index (χ1v) is 11.8. The first-order chi connectivity index (χ1) is 16.7. The van der Waals surface area contributed by atoms with Gasteiger partial charge in [0.25, 0.3) is 0 Å². The first-order valence-electron chi connectivity index (χ1n) is 10.9. The summed E-state index contributed by atoms with van der Waals surface area (Å²) in [5.74, 6) is 1.42. The van der Waals surface area contributed by atoms with Crippen molar-refractivity contribution in [2.24, 2.45) is 0 Å². The van der Waals surface area contributed by atoms with Gasteiger partial charge in [-0.05, 0) is 41.5 Å². The van der Waals surface area contributed by atoms with Crippen molar-refractivity contribution in [2.75, 3.05) is 10.6 Å². The predicted molar refractivity (Wildman–Crippen MR) is 135 cm³/mol. The molecule has 170 valence electrons. The van der Waals surface area contributed by atoms with Gasteiger partial charge in [-0.25, -0.2) is 4.98 Å². The maximum atomic E-state index is 12.6. The third-order valence-electron chi connectivity index (χ3n) is 5.27. The molecular weight excluding hydrogens is 446 g/mol. The number of aromatic nitrogens is 3. The number of hydrogen-bond acceptors (Lipinski definition) is 6. The van der Waals surface area contributed by atoms with E-state index in [1.165, 1.54) is 0 Å². The summed E-state index contributed by atoms with van der Waals surface area (Å²) in [5.41, 5.74) is 3.64. The molecule has 0 atom stereocenters. The number of nitrogens with one attached hydrogen (secondary N) is 3. The maximum Gasteiger partial charge on any atom is 0.228 e. The number of anilines is 2. The zero-order valence-corrected chi connectivity index (χ0v) is 19.1. The number of amides is 1. The Morgan fingerprint density at radius 1 is 1.00 bits per heavy atom. The minimum Gasteiger partial charge on any atom is -0.489 e. The Kier molecular flexibility index (Phi) is 6.49. The van der Waals surface area contributed by atoms with E-state index in [2.05, 4.69) is 25.8 Å². The molecule has 0 aliphatic carbocycles. The van der Waals surface area contributed by atoms with Crippen LogP contribution in [-0.4, -0.2) is 21.1 Å². The lowest BCUT2D eigenvalue weighted by Gasteiger charge is -2.08. The normalized spacial score (nSPS) is 10.8. The standard InChI is InChI=1S/C26H23N5O2S/c32-24(14-18-6-9-21(10-7-18)33-17-19-4-2-1-3-5-19)29-20-8-11-23-22(15-20)26(31-30-23)28-16-25-27-12-13-34-25/h1-13,15H,14,16-17H2,(H,29,32)(H2,28,30,31). The summed E-state index contributed by atoms with van der Waals surface area (Å²) < 4.78 is 5.82. The lowest BCUT2D eigenvalue weighted by molar-refractivity contribution is -0.115. The number of hydrogen-bond donors (Lipinski definition) is 3. The van der Waals surface area contributed by atoms with Crippen LogP contribution >= 0.6 is 11.3 Å². The van der Waals surface area contributed by atoms with E-state index in [-0.39, 0.29) is 12.3 Å². The number of carbonyl (C=O) groups excluding carboxylic acids is 1. The van der Waals surface area contributed by atoms with Gasteiger partial charge in [-0.2, -0.15) is 5.10 Å². The Bertz CT molecular complexity index is 1370. The molecule has 0 aliphatic rings. The van der Waals surface area contributed by atoms with E-state index in [1.807, 2.05) is 78.2 Å². The van der Waals surface area contributed by atoms with E-state index in [4.69, 9.17) is 4.74 Å². The summed E-state index contributed by atoms with van der Waals surface area (Å²) in [6.07, 6.45) is 2.06. The van der Waals surface area contributed by atoms with Gasteiger partial charge >= 0.3 is 0 Å². The van der Waals surface area contributed by atoms with Crippen LogP contribution in [0, 0.1) is 0 Å². The highest BCUT2D eigenvalue weighted by Crippen LogP contribution is 2.25. The van der Waals surface area contributed by atoms with E-state index in [9.17, 15) is 4.79 Å². The van der Waals surface area contributed by atoms with Crippen LogP contribution in [0.5, 0.6) is 5.75 Å². The Labute approximate surface area is 200 Å². The fraction of sp³-hybridized carbons (Fsp3) is 0.115. The molecule has 3 N–H and O–H groups in total. The largest absolute Gasteiger partial charge is 0.489 e. The summed E-state index contributed by atoms with van der Waals surface area (Å²) in [4.78, 5) is 16.9. The van der Waals surface area contributed by atoms with Crippen molar-refractivity contribution in [2.45, 2.75) is 19.6 Å². The Morgan fingerprint density at radius 2 is 1.85 bits per heavy atom. The molecule has 2 aromatic heterocycles. The molecular formula is C26H23N5O2S. The van der Waals surface area contributed by atoms with Crippen molar-refractivity contribution in [1.29, 1.82) is 0 Å². The van der Waals surface area contributed by atoms with Crippen LogP contribution in [0.4, 0.5) is 11.5 Å². The predicted octanol–water partition coefficient (Wildman–Crippen LogP) is 5.39. The van der Waals surface area contributed by atoms with Crippen molar-refractivity contribution in [3.63, 3.8) is 0 Å². The lowest BCUT2D eigenvalue weighted by atomic mass is 10.1. The van der Waals surface area contributed by atoms with Crippen molar-refractivity contribution in [1.82, 2.24) is 15.2 Å². The van der Waals surface area contributed by atoms with Crippen LogP contribution in [0.2, 0.25) is 0 Å². The molecule has 2 heterocycles. The molecule has 1 amide bonds. The zero-order valence-electron chi connectivity index (χ0n) is 18.3. The fourth-order valence-corrected chi connectivity index (χ4v) is 4.12. The molecule has 0 aliphatic heterocycles. The third kappa shape index (κ3) is 5.41. The average Bonchev–Trinajstić information content (AvgIpc) is 3.53. The number of thiazole rings is 1. The number of carbonyl (C=O) groups is 1. The Balaban J connectivity index is 1.17. The quantitative estimate of drug-likeness (QED) is 0.269. The molecule has 0 saturated carbocycles. The Morgan fingerprint density at radius 3 is 2.65 bits per heavy atom. The third-order valence-corrected chi connectivity index (χ3v) is 6.05. The number of rotatable bonds is 9. The molecule has 0 fully saturated rings. The van der Waals surface area contributed by atoms with Gasteiger partial charge in [-0.3, -0.25) is 9.89 Å². The second-order valence-corrected chi connectivity index (χ2v) is 8.73. The van der Waals surface area contributed by atoms with Crippen LogP contribution in [-0.2, 0) is 24.4 Å². The van der Waals surface area contributed by atoms with Gasteiger partial charge < -0.3 is 15.4 Å². The topological polar surface area (TPSA) is 91.9 Å². The summed E-state index contributed by atoms with van der Waals surface area (Å²) >= 11 is 1.59. The van der Waals surface area contributed by atoms with Crippen molar-refractivity contribution in [3.05, 3.63) is 101 Å². The van der Waals surface area contributed by atoms with Gasteiger partial charge in [0.2, 0.25) is 5.91 Å². The smallest absolute Gasteiger partial charge is 0.228 e. The van der Waals surface area contributed by atoms with Crippen LogP contribution in [0.3, 0.4) is 0 Å². The SMILES string of the molecule is O=C(Cc1ccc(OCc2ccccc2)cc1)Nc1ccc2[nH]nc(NCc3nccs3)c2c1. The first kappa shape index (κ1) is 21.7.